The van der Waals surface area contributed by atoms with Crippen LogP contribution >= 0.6 is 0 Å². The van der Waals surface area contributed by atoms with Gasteiger partial charge in [0.2, 0.25) is 0 Å². The van der Waals surface area contributed by atoms with E-state index in [0.29, 0.717) is 11.5 Å². The van der Waals surface area contributed by atoms with Gasteiger partial charge in [-0.2, -0.15) is 0 Å². The Hall–Kier alpha value is -1.64. The topological polar surface area (TPSA) is 24.9 Å². The Bertz CT molecular complexity index is 562. The maximum atomic E-state index is 13.6. The zero-order chi connectivity index (χ0) is 12.6. The molecule has 0 amide bonds. The van der Waals surface area contributed by atoms with E-state index in [1.807, 2.05) is 13.1 Å². The quantitative estimate of drug-likeness (QED) is 0.850. The number of benzene rings is 1. The van der Waals surface area contributed by atoms with E-state index in [-0.39, 0.29) is 5.82 Å². The number of anilines is 1. The molecule has 1 aromatic carbocycles. The number of hydrogen-bond donors (Lipinski definition) is 1. The number of nitrogens with zero attached hydrogens (tertiary/aromatic N) is 1. The first kappa shape index (κ1) is 11.8. The number of aryl methyl sites for hydroxylation is 1. The van der Waals surface area contributed by atoms with Crippen molar-refractivity contribution in [2.24, 2.45) is 0 Å². The summed E-state index contributed by atoms with van der Waals surface area (Å²) in [5.41, 5.74) is 3.35. The van der Waals surface area contributed by atoms with E-state index in [4.69, 9.17) is 0 Å². The first-order chi connectivity index (χ1) is 8.04. The second kappa shape index (κ2) is 4.32. The SMILES string of the molecule is CNc1cc(C(C)C)nc2c(C)c(F)ccc12. The fourth-order valence-electron chi connectivity index (χ4n) is 1.93. The van der Waals surface area contributed by atoms with E-state index in [2.05, 4.69) is 24.1 Å². The summed E-state index contributed by atoms with van der Waals surface area (Å²) in [6.45, 7) is 5.94. The van der Waals surface area contributed by atoms with Crippen molar-refractivity contribution < 1.29 is 4.39 Å². The molecule has 0 fully saturated rings. The number of hydrogen-bond acceptors (Lipinski definition) is 2. The number of aromatic nitrogens is 1. The summed E-state index contributed by atoms with van der Waals surface area (Å²) >= 11 is 0. The van der Waals surface area contributed by atoms with E-state index in [9.17, 15) is 4.39 Å². The third-order valence-electron chi connectivity index (χ3n) is 3.05. The van der Waals surface area contributed by atoms with E-state index in [1.165, 1.54) is 6.07 Å². The Morgan fingerprint density at radius 1 is 1.29 bits per heavy atom. The minimum absolute atomic E-state index is 0.201. The molecule has 0 aliphatic heterocycles. The first-order valence-corrected chi connectivity index (χ1v) is 5.82. The van der Waals surface area contributed by atoms with Crippen molar-refractivity contribution in [1.82, 2.24) is 4.98 Å². The van der Waals surface area contributed by atoms with Gasteiger partial charge in [0, 0.05) is 29.4 Å². The van der Waals surface area contributed by atoms with Gasteiger partial charge in [0.25, 0.3) is 0 Å². The van der Waals surface area contributed by atoms with Gasteiger partial charge in [0.05, 0.1) is 5.52 Å². The van der Waals surface area contributed by atoms with Crippen LogP contribution in [0.5, 0.6) is 0 Å². The van der Waals surface area contributed by atoms with E-state index in [0.717, 1.165) is 22.3 Å². The van der Waals surface area contributed by atoms with Crippen LogP contribution in [0.25, 0.3) is 10.9 Å². The molecule has 3 heteroatoms. The van der Waals surface area contributed by atoms with Crippen LogP contribution in [0, 0.1) is 12.7 Å². The highest BCUT2D eigenvalue weighted by Gasteiger charge is 2.11. The normalized spacial score (nSPS) is 11.2. The molecule has 2 aromatic rings. The van der Waals surface area contributed by atoms with Gasteiger partial charge >= 0.3 is 0 Å². The highest BCUT2D eigenvalue weighted by molar-refractivity contribution is 5.93. The lowest BCUT2D eigenvalue weighted by Gasteiger charge is -2.13. The molecule has 2 nitrogen and oxygen atoms in total. The molecule has 0 bridgehead atoms. The lowest BCUT2D eigenvalue weighted by atomic mass is 10.0. The predicted octanol–water partition coefficient (Wildman–Crippen LogP) is 3.85. The molecule has 0 saturated carbocycles. The molecule has 0 aliphatic carbocycles. The molecule has 2 rings (SSSR count). The Balaban J connectivity index is 2.83. The molecule has 1 N–H and O–H groups in total. The Kier molecular flexibility index (Phi) is 3.01. The molecule has 0 saturated heterocycles. The third-order valence-corrected chi connectivity index (χ3v) is 3.05. The molecule has 1 aromatic heterocycles. The molecule has 90 valence electrons. The third kappa shape index (κ3) is 1.97. The maximum Gasteiger partial charge on any atom is 0.128 e. The largest absolute Gasteiger partial charge is 0.388 e. The van der Waals surface area contributed by atoms with Crippen LogP contribution in [-0.2, 0) is 0 Å². The second-order valence-electron chi connectivity index (χ2n) is 4.57. The van der Waals surface area contributed by atoms with Crippen molar-refractivity contribution in [1.29, 1.82) is 0 Å². The van der Waals surface area contributed by atoms with Crippen LogP contribution in [0.1, 0.15) is 31.0 Å². The highest BCUT2D eigenvalue weighted by Crippen LogP contribution is 2.29. The molecular weight excluding hydrogens is 215 g/mol. The summed E-state index contributed by atoms with van der Waals surface area (Å²) in [6, 6.07) is 5.31. The van der Waals surface area contributed by atoms with E-state index in [1.54, 1.807) is 13.0 Å². The predicted molar refractivity (Wildman–Crippen MR) is 70.1 cm³/mol. The average Bonchev–Trinajstić information content (AvgIpc) is 2.32. The molecule has 0 spiro atoms. The summed E-state index contributed by atoms with van der Waals surface area (Å²) in [5, 5.41) is 4.12. The molecule has 0 unspecified atom stereocenters. The lowest BCUT2D eigenvalue weighted by Crippen LogP contribution is -2.00. The number of rotatable bonds is 2. The van der Waals surface area contributed by atoms with Crippen molar-refractivity contribution in [2.45, 2.75) is 26.7 Å². The number of fused-ring (bicyclic) bond motifs is 1. The monoisotopic (exact) mass is 232 g/mol. The molecule has 0 atom stereocenters. The molecule has 0 aliphatic rings. The van der Waals surface area contributed by atoms with Crippen LogP contribution in [0.3, 0.4) is 0 Å². The summed E-state index contributed by atoms with van der Waals surface area (Å²) in [6.07, 6.45) is 0. The van der Waals surface area contributed by atoms with Gasteiger partial charge < -0.3 is 5.32 Å². The Labute approximate surface area is 101 Å². The van der Waals surface area contributed by atoms with Gasteiger partial charge in [-0.3, -0.25) is 4.98 Å². The zero-order valence-electron chi connectivity index (χ0n) is 10.6. The van der Waals surface area contributed by atoms with E-state index >= 15 is 0 Å². The molecular formula is C14H17FN2. The van der Waals surface area contributed by atoms with Crippen molar-refractivity contribution in [3.05, 3.63) is 35.3 Å². The van der Waals surface area contributed by atoms with Gasteiger partial charge in [0.15, 0.2) is 0 Å². The Morgan fingerprint density at radius 3 is 2.59 bits per heavy atom. The van der Waals surface area contributed by atoms with Crippen molar-refractivity contribution in [3.8, 4) is 0 Å². The average molecular weight is 232 g/mol. The minimum Gasteiger partial charge on any atom is -0.388 e. The standard InChI is InChI=1S/C14H17FN2/c1-8(2)12-7-13(16-4)10-5-6-11(15)9(3)14(10)17-12/h5-8H,1-4H3,(H,16,17). The number of halogens is 1. The Morgan fingerprint density at radius 2 is 2.00 bits per heavy atom. The molecule has 1 heterocycles. The van der Waals surface area contributed by atoms with Crippen molar-refractivity contribution in [3.63, 3.8) is 0 Å². The van der Waals surface area contributed by atoms with Gasteiger partial charge in [-0.1, -0.05) is 13.8 Å². The van der Waals surface area contributed by atoms with Crippen LogP contribution in [0.2, 0.25) is 0 Å². The highest BCUT2D eigenvalue weighted by atomic mass is 19.1. The smallest absolute Gasteiger partial charge is 0.128 e. The lowest BCUT2D eigenvalue weighted by molar-refractivity contribution is 0.620. The summed E-state index contributed by atoms with van der Waals surface area (Å²) in [4.78, 5) is 4.56. The summed E-state index contributed by atoms with van der Waals surface area (Å²) in [7, 11) is 1.87. The molecule has 0 radical (unpaired) electrons. The molecule has 17 heavy (non-hydrogen) atoms. The fourth-order valence-corrected chi connectivity index (χ4v) is 1.93. The number of pyridine rings is 1. The summed E-state index contributed by atoms with van der Waals surface area (Å²) < 4.78 is 13.6. The summed E-state index contributed by atoms with van der Waals surface area (Å²) in [5.74, 6) is 0.127. The van der Waals surface area contributed by atoms with Crippen LogP contribution in [0.15, 0.2) is 18.2 Å². The first-order valence-electron chi connectivity index (χ1n) is 5.82. The van der Waals surface area contributed by atoms with Gasteiger partial charge in [-0.25, -0.2) is 4.39 Å². The van der Waals surface area contributed by atoms with Gasteiger partial charge in [-0.05, 0) is 31.0 Å². The van der Waals surface area contributed by atoms with Crippen LogP contribution < -0.4 is 5.32 Å². The second-order valence-corrected chi connectivity index (χ2v) is 4.57. The van der Waals surface area contributed by atoms with Crippen molar-refractivity contribution in [2.75, 3.05) is 12.4 Å². The van der Waals surface area contributed by atoms with Crippen LogP contribution in [-0.4, -0.2) is 12.0 Å². The van der Waals surface area contributed by atoms with Gasteiger partial charge in [-0.15, -0.1) is 0 Å². The van der Waals surface area contributed by atoms with Crippen molar-refractivity contribution >= 4 is 16.6 Å². The number of nitrogens with one attached hydrogen (secondary N) is 1. The van der Waals surface area contributed by atoms with E-state index < -0.39 is 0 Å². The fraction of sp³-hybridized carbons (Fsp3) is 0.357. The zero-order valence-corrected chi connectivity index (χ0v) is 10.6. The van der Waals surface area contributed by atoms with Gasteiger partial charge in [0.1, 0.15) is 5.82 Å². The minimum atomic E-state index is -0.201. The maximum absolute atomic E-state index is 13.6. The van der Waals surface area contributed by atoms with Crippen LogP contribution in [0.4, 0.5) is 10.1 Å².